The first-order valence-corrected chi connectivity index (χ1v) is 5.60. The predicted octanol–water partition coefficient (Wildman–Crippen LogP) is 3.62. The largest absolute Gasteiger partial charge is 0.326 e. The number of amides is 1. The molecule has 0 aliphatic carbocycles. The van der Waals surface area contributed by atoms with Gasteiger partial charge in [0, 0.05) is 18.2 Å². The quantitative estimate of drug-likeness (QED) is 0.831. The summed E-state index contributed by atoms with van der Waals surface area (Å²) in [5, 5.41) is 2.85. The van der Waals surface area contributed by atoms with Crippen LogP contribution in [0.3, 0.4) is 0 Å². The first-order chi connectivity index (χ1) is 8.16. The molecule has 2 aromatic rings. The molecule has 17 heavy (non-hydrogen) atoms. The van der Waals surface area contributed by atoms with Crippen molar-refractivity contribution in [1.29, 1.82) is 0 Å². The maximum Gasteiger partial charge on any atom is 0.221 e. The Kier molecular flexibility index (Phi) is 3.24. The van der Waals surface area contributed by atoms with E-state index in [1.807, 2.05) is 36.4 Å². The zero-order valence-corrected chi connectivity index (χ0v) is 10.0. The molecule has 0 aliphatic heterocycles. The van der Waals surface area contributed by atoms with Gasteiger partial charge in [0.15, 0.2) is 0 Å². The average Bonchev–Trinajstić information content (AvgIpc) is 2.29. The van der Waals surface area contributed by atoms with Crippen LogP contribution in [0.1, 0.15) is 12.5 Å². The standard InChI is InChI=1S/C15H15NO/c1-11-6-5-7-13(10-11)14-8-3-4-9-15(14)16-12(2)17/h3-10H,1-2H3,(H,16,17). The first kappa shape index (κ1) is 11.4. The molecule has 1 N–H and O–H groups in total. The molecule has 0 unspecified atom stereocenters. The maximum absolute atomic E-state index is 11.2. The Morgan fingerprint density at radius 3 is 2.53 bits per heavy atom. The van der Waals surface area contributed by atoms with Crippen LogP contribution in [0.15, 0.2) is 48.5 Å². The molecule has 2 nitrogen and oxygen atoms in total. The van der Waals surface area contributed by atoms with Crippen molar-refractivity contribution in [3.63, 3.8) is 0 Å². The number of para-hydroxylation sites is 1. The minimum absolute atomic E-state index is 0.0508. The Morgan fingerprint density at radius 1 is 1.06 bits per heavy atom. The molecule has 2 aromatic carbocycles. The van der Waals surface area contributed by atoms with Crippen LogP contribution in [0.5, 0.6) is 0 Å². The molecule has 0 aromatic heterocycles. The molecule has 0 bridgehead atoms. The third-order valence-electron chi connectivity index (χ3n) is 2.57. The molecular formula is C15H15NO. The zero-order valence-electron chi connectivity index (χ0n) is 10.0. The second-order valence-corrected chi connectivity index (χ2v) is 4.10. The molecule has 86 valence electrons. The molecule has 0 radical (unpaired) electrons. The van der Waals surface area contributed by atoms with Gasteiger partial charge in [0.25, 0.3) is 0 Å². The number of anilines is 1. The number of carbonyl (C=O) groups is 1. The fraction of sp³-hybridized carbons (Fsp3) is 0.133. The highest BCUT2D eigenvalue weighted by molar-refractivity contribution is 5.94. The molecular weight excluding hydrogens is 210 g/mol. The second kappa shape index (κ2) is 4.83. The molecule has 0 atom stereocenters. The lowest BCUT2D eigenvalue weighted by molar-refractivity contribution is -0.114. The van der Waals surface area contributed by atoms with Crippen molar-refractivity contribution in [1.82, 2.24) is 0 Å². The van der Waals surface area contributed by atoms with E-state index >= 15 is 0 Å². The molecule has 2 heteroatoms. The van der Waals surface area contributed by atoms with Crippen molar-refractivity contribution in [3.8, 4) is 11.1 Å². The van der Waals surface area contributed by atoms with Crippen LogP contribution in [-0.2, 0) is 4.79 Å². The fourth-order valence-corrected chi connectivity index (χ4v) is 1.85. The Labute approximate surface area is 101 Å². The summed E-state index contributed by atoms with van der Waals surface area (Å²) < 4.78 is 0. The Hall–Kier alpha value is -2.09. The van der Waals surface area contributed by atoms with Crippen LogP contribution in [-0.4, -0.2) is 5.91 Å². The van der Waals surface area contributed by atoms with Crippen molar-refractivity contribution in [3.05, 3.63) is 54.1 Å². The summed E-state index contributed by atoms with van der Waals surface area (Å²) in [6.45, 7) is 3.58. The Bertz CT molecular complexity index is 546. The van der Waals surface area contributed by atoms with Crippen LogP contribution in [0, 0.1) is 6.92 Å². The lowest BCUT2D eigenvalue weighted by Crippen LogP contribution is -2.06. The zero-order chi connectivity index (χ0) is 12.3. The van der Waals surface area contributed by atoms with Crippen LogP contribution >= 0.6 is 0 Å². The van der Waals surface area contributed by atoms with Crippen molar-refractivity contribution in [2.24, 2.45) is 0 Å². The number of benzene rings is 2. The van der Waals surface area contributed by atoms with Gasteiger partial charge in [-0.05, 0) is 18.6 Å². The van der Waals surface area contributed by atoms with Gasteiger partial charge in [-0.2, -0.15) is 0 Å². The first-order valence-electron chi connectivity index (χ1n) is 5.60. The molecule has 0 heterocycles. The van der Waals surface area contributed by atoms with E-state index in [-0.39, 0.29) is 5.91 Å². The summed E-state index contributed by atoms with van der Waals surface area (Å²) in [6.07, 6.45) is 0. The van der Waals surface area contributed by atoms with Gasteiger partial charge in [-0.15, -0.1) is 0 Å². The third-order valence-corrected chi connectivity index (χ3v) is 2.57. The number of rotatable bonds is 2. The minimum Gasteiger partial charge on any atom is -0.326 e. The molecule has 2 rings (SSSR count). The van der Waals surface area contributed by atoms with Crippen molar-refractivity contribution in [2.75, 3.05) is 5.32 Å². The summed E-state index contributed by atoms with van der Waals surface area (Å²) >= 11 is 0. The van der Waals surface area contributed by atoms with Gasteiger partial charge in [-0.25, -0.2) is 0 Å². The van der Waals surface area contributed by atoms with Crippen LogP contribution in [0.4, 0.5) is 5.69 Å². The second-order valence-electron chi connectivity index (χ2n) is 4.10. The smallest absolute Gasteiger partial charge is 0.221 e. The summed E-state index contributed by atoms with van der Waals surface area (Å²) in [6, 6.07) is 16.1. The highest BCUT2D eigenvalue weighted by Gasteiger charge is 2.05. The minimum atomic E-state index is -0.0508. The topological polar surface area (TPSA) is 29.1 Å². The summed E-state index contributed by atoms with van der Waals surface area (Å²) in [7, 11) is 0. The lowest BCUT2D eigenvalue weighted by atomic mass is 10.0. The average molecular weight is 225 g/mol. The molecule has 0 saturated carbocycles. The van der Waals surface area contributed by atoms with Gasteiger partial charge >= 0.3 is 0 Å². The van der Waals surface area contributed by atoms with Gasteiger partial charge in [0.2, 0.25) is 5.91 Å². The molecule has 0 spiro atoms. The Balaban J connectivity index is 2.47. The summed E-state index contributed by atoms with van der Waals surface area (Å²) in [5.74, 6) is -0.0508. The van der Waals surface area contributed by atoms with E-state index < -0.39 is 0 Å². The monoisotopic (exact) mass is 225 g/mol. The number of hydrogen-bond donors (Lipinski definition) is 1. The molecule has 1 amide bonds. The van der Waals surface area contributed by atoms with E-state index in [2.05, 4.69) is 24.4 Å². The lowest BCUT2D eigenvalue weighted by Gasteiger charge is -2.10. The predicted molar refractivity (Wildman–Crippen MR) is 70.9 cm³/mol. The van der Waals surface area contributed by atoms with E-state index in [1.54, 1.807) is 0 Å². The van der Waals surface area contributed by atoms with Crippen LogP contribution in [0.25, 0.3) is 11.1 Å². The van der Waals surface area contributed by atoms with E-state index in [4.69, 9.17) is 0 Å². The third kappa shape index (κ3) is 2.72. The number of aryl methyl sites for hydroxylation is 1. The van der Waals surface area contributed by atoms with Gasteiger partial charge in [0.05, 0.1) is 0 Å². The van der Waals surface area contributed by atoms with Crippen molar-refractivity contribution in [2.45, 2.75) is 13.8 Å². The summed E-state index contributed by atoms with van der Waals surface area (Å²) in [5.41, 5.74) is 4.23. The number of nitrogens with one attached hydrogen (secondary N) is 1. The van der Waals surface area contributed by atoms with E-state index in [0.29, 0.717) is 0 Å². The normalized spacial score (nSPS) is 10.0. The number of carbonyl (C=O) groups excluding carboxylic acids is 1. The van der Waals surface area contributed by atoms with Crippen LogP contribution in [0.2, 0.25) is 0 Å². The maximum atomic E-state index is 11.2. The summed E-state index contributed by atoms with van der Waals surface area (Å²) in [4.78, 5) is 11.2. The van der Waals surface area contributed by atoms with E-state index in [1.165, 1.54) is 12.5 Å². The SMILES string of the molecule is CC(=O)Nc1ccccc1-c1cccc(C)c1. The van der Waals surface area contributed by atoms with E-state index in [9.17, 15) is 4.79 Å². The molecule has 0 aliphatic rings. The van der Waals surface area contributed by atoms with Gasteiger partial charge in [-0.1, -0.05) is 48.0 Å². The fourth-order valence-electron chi connectivity index (χ4n) is 1.85. The van der Waals surface area contributed by atoms with Gasteiger partial charge in [-0.3, -0.25) is 4.79 Å². The molecule has 0 fully saturated rings. The molecule has 0 saturated heterocycles. The van der Waals surface area contributed by atoms with Crippen molar-refractivity contribution < 1.29 is 4.79 Å². The highest BCUT2D eigenvalue weighted by Crippen LogP contribution is 2.28. The van der Waals surface area contributed by atoms with Gasteiger partial charge < -0.3 is 5.32 Å². The van der Waals surface area contributed by atoms with E-state index in [0.717, 1.165) is 16.8 Å². The number of hydrogen-bond acceptors (Lipinski definition) is 1. The highest BCUT2D eigenvalue weighted by atomic mass is 16.1. The van der Waals surface area contributed by atoms with Crippen LogP contribution < -0.4 is 5.32 Å². The Morgan fingerprint density at radius 2 is 1.82 bits per heavy atom. The van der Waals surface area contributed by atoms with Gasteiger partial charge in [0.1, 0.15) is 0 Å². The van der Waals surface area contributed by atoms with Crippen molar-refractivity contribution >= 4 is 11.6 Å².